The Balaban J connectivity index is 1.98. The SMILES string of the molecule is CCC1=C(C)c2cc3[nH]c(cc4nc(cc5[nH]c(cc1n2)c(C)c5C(=O)OC)CC4(C)C)c(CC)c3C. The fraction of sp³-hybridized carbons (Fsp3) is 0.387. The Hall–Kier alpha value is -3.67. The summed E-state index contributed by atoms with van der Waals surface area (Å²) in [6, 6.07) is 8.43. The Bertz CT molecular complexity index is 1630. The van der Waals surface area contributed by atoms with Crippen LogP contribution < -0.4 is 0 Å². The van der Waals surface area contributed by atoms with E-state index >= 15 is 0 Å². The van der Waals surface area contributed by atoms with Crippen LogP contribution in [0.25, 0.3) is 33.2 Å². The van der Waals surface area contributed by atoms with Crippen molar-refractivity contribution in [3.63, 3.8) is 0 Å². The number of nitrogens with zero attached hydrogens (tertiary/aromatic N) is 2. The minimum absolute atomic E-state index is 0.135. The van der Waals surface area contributed by atoms with Crippen LogP contribution in [0.3, 0.4) is 0 Å². The van der Waals surface area contributed by atoms with E-state index < -0.39 is 0 Å². The average molecular weight is 497 g/mol. The molecule has 0 aliphatic carbocycles. The van der Waals surface area contributed by atoms with Gasteiger partial charge in [0.15, 0.2) is 0 Å². The van der Waals surface area contributed by atoms with Crippen LogP contribution in [0.15, 0.2) is 24.3 Å². The van der Waals surface area contributed by atoms with E-state index in [-0.39, 0.29) is 11.4 Å². The van der Waals surface area contributed by atoms with E-state index in [1.54, 1.807) is 0 Å². The molecule has 0 radical (unpaired) electrons. The molecule has 5 heterocycles. The van der Waals surface area contributed by atoms with Crippen molar-refractivity contribution in [2.45, 2.75) is 73.1 Å². The van der Waals surface area contributed by atoms with E-state index in [1.165, 1.54) is 29.4 Å². The maximum atomic E-state index is 12.8. The second-order valence-corrected chi connectivity index (χ2v) is 10.8. The lowest BCUT2D eigenvalue weighted by Gasteiger charge is -2.15. The first-order chi connectivity index (χ1) is 17.6. The van der Waals surface area contributed by atoms with Crippen LogP contribution in [-0.2, 0) is 23.0 Å². The molecule has 6 nitrogen and oxygen atoms in total. The van der Waals surface area contributed by atoms with Gasteiger partial charge in [0, 0.05) is 39.8 Å². The molecular weight excluding hydrogens is 460 g/mol. The lowest BCUT2D eigenvalue weighted by atomic mass is 9.87. The highest BCUT2D eigenvalue weighted by molar-refractivity contribution is 6.02. The van der Waals surface area contributed by atoms with Gasteiger partial charge in [-0.15, -0.1) is 0 Å². The van der Waals surface area contributed by atoms with Gasteiger partial charge in [-0.25, -0.2) is 9.78 Å². The molecule has 2 aliphatic rings. The number of carbonyl (C=O) groups is 1. The van der Waals surface area contributed by atoms with Crippen molar-refractivity contribution in [1.29, 1.82) is 0 Å². The molecule has 0 spiro atoms. The number of aryl methyl sites for hydroxylation is 3. The molecule has 0 aromatic carbocycles. The molecule has 2 N–H and O–H groups in total. The monoisotopic (exact) mass is 496 g/mol. The molecular formula is C31H36N4O2. The summed E-state index contributed by atoms with van der Waals surface area (Å²) in [4.78, 5) is 30.1. The van der Waals surface area contributed by atoms with Gasteiger partial charge in [-0.2, -0.15) is 0 Å². The van der Waals surface area contributed by atoms with Crippen molar-refractivity contribution >= 4 is 39.2 Å². The summed E-state index contributed by atoms with van der Waals surface area (Å²) in [5.41, 5.74) is 13.8. The van der Waals surface area contributed by atoms with Crippen LogP contribution >= 0.6 is 0 Å². The fourth-order valence-corrected chi connectivity index (χ4v) is 5.77. The summed E-state index contributed by atoms with van der Waals surface area (Å²) in [6.07, 6.45) is 2.58. The Labute approximate surface area is 218 Å². The van der Waals surface area contributed by atoms with E-state index in [1.807, 2.05) is 13.0 Å². The predicted octanol–water partition coefficient (Wildman–Crippen LogP) is 7.14. The largest absolute Gasteiger partial charge is 0.465 e. The topological polar surface area (TPSA) is 83.7 Å². The molecule has 6 heteroatoms. The third-order valence-corrected chi connectivity index (χ3v) is 7.99. The molecule has 37 heavy (non-hydrogen) atoms. The highest BCUT2D eigenvalue weighted by Crippen LogP contribution is 2.35. The number of aromatic amines is 2. The number of ether oxygens (including phenoxy) is 1. The molecule has 0 unspecified atom stereocenters. The summed E-state index contributed by atoms with van der Waals surface area (Å²) >= 11 is 0. The third kappa shape index (κ3) is 4.08. The van der Waals surface area contributed by atoms with E-state index in [0.29, 0.717) is 5.56 Å². The molecule has 0 saturated heterocycles. The number of carbonyl (C=O) groups excluding carboxylic acids is 1. The normalized spacial score (nSPS) is 14.8. The van der Waals surface area contributed by atoms with Crippen molar-refractivity contribution in [1.82, 2.24) is 19.9 Å². The molecule has 0 saturated carbocycles. The molecule has 8 bridgehead atoms. The minimum atomic E-state index is -0.357. The number of hydrogen-bond acceptors (Lipinski definition) is 4. The summed E-state index contributed by atoms with van der Waals surface area (Å²) in [6.45, 7) is 15.1. The van der Waals surface area contributed by atoms with Crippen molar-refractivity contribution in [3.05, 3.63) is 69.3 Å². The summed E-state index contributed by atoms with van der Waals surface area (Å²) < 4.78 is 5.16. The number of rotatable bonds is 3. The molecule has 0 fully saturated rings. The van der Waals surface area contributed by atoms with Gasteiger partial charge in [-0.05, 0) is 85.7 Å². The zero-order valence-corrected chi connectivity index (χ0v) is 23.1. The Morgan fingerprint density at radius 3 is 2.24 bits per heavy atom. The second-order valence-electron chi connectivity index (χ2n) is 10.8. The van der Waals surface area contributed by atoms with Gasteiger partial charge in [0.2, 0.25) is 0 Å². The molecule has 3 aromatic heterocycles. The van der Waals surface area contributed by atoms with Gasteiger partial charge >= 0.3 is 5.97 Å². The zero-order chi connectivity index (χ0) is 26.6. The zero-order valence-electron chi connectivity index (χ0n) is 23.1. The average Bonchev–Trinajstić information content (AvgIpc) is 3.50. The van der Waals surface area contributed by atoms with E-state index in [0.717, 1.165) is 69.7 Å². The number of aromatic nitrogens is 4. The summed E-state index contributed by atoms with van der Waals surface area (Å²) in [5, 5.41) is 0. The lowest BCUT2D eigenvalue weighted by molar-refractivity contribution is 0.0602. The van der Waals surface area contributed by atoms with Gasteiger partial charge in [0.25, 0.3) is 0 Å². The first-order valence-electron chi connectivity index (χ1n) is 13.1. The van der Waals surface area contributed by atoms with Crippen LogP contribution in [0.5, 0.6) is 0 Å². The molecule has 2 aliphatic heterocycles. The van der Waals surface area contributed by atoms with E-state index in [2.05, 4.69) is 69.7 Å². The maximum Gasteiger partial charge on any atom is 0.340 e. The number of esters is 1. The van der Waals surface area contributed by atoms with Gasteiger partial charge in [0.1, 0.15) is 0 Å². The quantitative estimate of drug-likeness (QED) is 0.377. The smallest absolute Gasteiger partial charge is 0.340 e. The first-order valence-corrected chi connectivity index (χ1v) is 13.1. The molecule has 192 valence electrons. The fourth-order valence-electron chi connectivity index (χ4n) is 5.77. The van der Waals surface area contributed by atoms with Crippen molar-refractivity contribution in [2.75, 3.05) is 7.11 Å². The third-order valence-electron chi connectivity index (χ3n) is 7.99. The Morgan fingerprint density at radius 1 is 0.892 bits per heavy atom. The summed E-state index contributed by atoms with van der Waals surface area (Å²) in [5.74, 6) is -0.357. The molecule has 0 atom stereocenters. The number of methoxy groups -OCH3 is 1. The molecule has 5 rings (SSSR count). The van der Waals surface area contributed by atoms with Crippen molar-refractivity contribution in [2.24, 2.45) is 0 Å². The lowest BCUT2D eigenvalue weighted by Crippen LogP contribution is -2.15. The minimum Gasteiger partial charge on any atom is -0.465 e. The van der Waals surface area contributed by atoms with Crippen LogP contribution in [0.2, 0.25) is 0 Å². The number of fused-ring (bicyclic) bond motifs is 8. The first kappa shape index (κ1) is 25.0. The van der Waals surface area contributed by atoms with Crippen LogP contribution in [0.1, 0.15) is 90.9 Å². The van der Waals surface area contributed by atoms with Gasteiger partial charge in [0.05, 0.1) is 29.6 Å². The van der Waals surface area contributed by atoms with Gasteiger partial charge < -0.3 is 14.7 Å². The predicted molar refractivity (Wildman–Crippen MR) is 151 cm³/mol. The van der Waals surface area contributed by atoms with Crippen molar-refractivity contribution < 1.29 is 9.53 Å². The number of hydrogen-bond donors (Lipinski definition) is 2. The highest BCUT2D eigenvalue weighted by Gasteiger charge is 2.29. The maximum absolute atomic E-state index is 12.8. The molecule has 0 amide bonds. The van der Waals surface area contributed by atoms with Crippen LogP contribution in [-0.4, -0.2) is 33.0 Å². The number of allylic oxidation sites excluding steroid dienone is 2. The Kier molecular flexibility index (Phi) is 6.09. The van der Waals surface area contributed by atoms with E-state index in [4.69, 9.17) is 14.7 Å². The highest BCUT2D eigenvalue weighted by atomic mass is 16.5. The van der Waals surface area contributed by atoms with Crippen LogP contribution in [0, 0.1) is 13.8 Å². The van der Waals surface area contributed by atoms with E-state index in [9.17, 15) is 4.79 Å². The standard InChI is InChI=1S/C31H36N4O2/c1-9-20-16(3)22-12-23-17(4)21(10-2)26(34-23)14-28-31(6,7)15-19(32-28)11-27-29(30(36)37-8)18(5)24(35-27)13-25(20)33-22/h11-14,34-35H,9-10,15H2,1-8H3. The number of nitrogens with one attached hydrogen (secondary N) is 2. The summed E-state index contributed by atoms with van der Waals surface area (Å²) in [7, 11) is 1.42. The van der Waals surface area contributed by atoms with Gasteiger partial charge in [-0.1, -0.05) is 27.7 Å². The van der Waals surface area contributed by atoms with Crippen molar-refractivity contribution in [3.8, 4) is 0 Å². The van der Waals surface area contributed by atoms with Crippen LogP contribution in [0.4, 0.5) is 0 Å². The van der Waals surface area contributed by atoms with Gasteiger partial charge in [-0.3, -0.25) is 4.98 Å². The number of H-pyrrole nitrogens is 2. The Morgan fingerprint density at radius 2 is 1.57 bits per heavy atom. The molecule has 3 aromatic rings. The second kappa shape index (κ2) is 9.02.